The van der Waals surface area contributed by atoms with Gasteiger partial charge in [0.25, 0.3) is 0 Å². The predicted molar refractivity (Wildman–Crippen MR) is 79.0 cm³/mol. The van der Waals surface area contributed by atoms with Crippen molar-refractivity contribution in [1.82, 2.24) is 5.32 Å². The maximum atomic E-state index is 14.2. The summed E-state index contributed by atoms with van der Waals surface area (Å²) in [6, 6.07) is 15.9. The van der Waals surface area contributed by atoms with Crippen molar-refractivity contribution in [3.05, 3.63) is 59.9 Å². The lowest BCUT2D eigenvalue weighted by Gasteiger charge is -2.34. The minimum atomic E-state index is -0.138. The molecule has 2 aromatic carbocycles. The standard InChI is InChI=1S/C17H17FN2/c18-14-6-2-4-8-17(14)20-15-7-3-1-5-12(15)13-11-19-10-9-16(13)20/h1-8,13,16,19H,9-11H2/t13-,16+/m0/s1. The van der Waals surface area contributed by atoms with Crippen LogP contribution in [0.1, 0.15) is 17.9 Å². The van der Waals surface area contributed by atoms with Gasteiger partial charge in [0.05, 0.1) is 5.69 Å². The van der Waals surface area contributed by atoms with Crippen molar-refractivity contribution >= 4 is 11.4 Å². The van der Waals surface area contributed by atoms with Gasteiger partial charge in [-0.15, -0.1) is 0 Å². The van der Waals surface area contributed by atoms with Crippen molar-refractivity contribution in [3.8, 4) is 0 Å². The van der Waals surface area contributed by atoms with Crippen LogP contribution in [0.4, 0.5) is 15.8 Å². The van der Waals surface area contributed by atoms with E-state index in [1.807, 2.05) is 18.2 Å². The topological polar surface area (TPSA) is 15.3 Å². The van der Waals surface area contributed by atoms with Crippen molar-refractivity contribution < 1.29 is 4.39 Å². The van der Waals surface area contributed by atoms with Crippen LogP contribution in [0.25, 0.3) is 0 Å². The summed E-state index contributed by atoms with van der Waals surface area (Å²) in [7, 11) is 0. The smallest absolute Gasteiger partial charge is 0.146 e. The molecular formula is C17H17FN2. The van der Waals surface area contributed by atoms with Crippen LogP contribution in [0.3, 0.4) is 0 Å². The average molecular weight is 268 g/mol. The Hall–Kier alpha value is -1.87. The number of piperidine rings is 1. The minimum Gasteiger partial charge on any atom is -0.335 e. The van der Waals surface area contributed by atoms with Gasteiger partial charge >= 0.3 is 0 Å². The van der Waals surface area contributed by atoms with Crippen LogP contribution >= 0.6 is 0 Å². The molecule has 1 fully saturated rings. The molecule has 2 heterocycles. The van der Waals surface area contributed by atoms with Crippen LogP contribution in [-0.4, -0.2) is 19.1 Å². The van der Waals surface area contributed by atoms with E-state index in [2.05, 4.69) is 28.4 Å². The van der Waals surface area contributed by atoms with E-state index < -0.39 is 0 Å². The van der Waals surface area contributed by atoms with Gasteiger partial charge in [-0.3, -0.25) is 0 Å². The molecular weight excluding hydrogens is 251 g/mol. The predicted octanol–water partition coefficient (Wildman–Crippen LogP) is 3.42. The molecule has 102 valence electrons. The first-order valence-corrected chi connectivity index (χ1v) is 7.19. The van der Waals surface area contributed by atoms with Crippen LogP contribution in [-0.2, 0) is 0 Å². The summed E-state index contributed by atoms with van der Waals surface area (Å²) in [5.41, 5.74) is 3.21. The zero-order valence-electron chi connectivity index (χ0n) is 11.2. The van der Waals surface area contributed by atoms with Gasteiger partial charge in [0, 0.05) is 24.2 Å². The zero-order chi connectivity index (χ0) is 13.5. The van der Waals surface area contributed by atoms with Gasteiger partial charge in [-0.25, -0.2) is 4.39 Å². The van der Waals surface area contributed by atoms with Crippen LogP contribution < -0.4 is 10.2 Å². The van der Waals surface area contributed by atoms with Crippen molar-refractivity contribution in [2.75, 3.05) is 18.0 Å². The van der Waals surface area contributed by atoms with E-state index in [1.54, 1.807) is 12.1 Å². The monoisotopic (exact) mass is 268 g/mol. The number of nitrogens with one attached hydrogen (secondary N) is 1. The van der Waals surface area contributed by atoms with Crippen LogP contribution in [0.15, 0.2) is 48.5 Å². The molecule has 0 saturated carbocycles. The SMILES string of the molecule is Fc1ccccc1N1c2ccccc2[C@@H]2CNCC[C@H]21. The molecule has 2 atom stereocenters. The first-order chi connectivity index (χ1) is 9.86. The second kappa shape index (κ2) is 4.60. The first kappa shape index (κ1) is 11.9. The second-order valence-corrected chi connectivity index (χ2v) is 5.55. The first-order valence-electron chi connectivity index (χ1n) is 7.19. The second-order valence-electron chi connectivity index (χ2n) is 5.55. The van der Waals surface area contributed by atoms with E-state index in [0.29, 0.717) is 17.6 Å². The summed E-state index contributed by atoms with van der Waals surface area (Å²) in [4.78, 5) is 2.20. The Morgan fingerprint density at radius 2 is 1.75 bits per heavy atom. The number of hydrogen-bond donors (Lipinski definition) is 1. The Labute approximate surface area is 118 Å². The summed E-state index contributed by atoms with van der Waals surface area (Å²) in [5.74, 6) is 0.320. The summed E-state index contributed by atoms with van der Waals surface area (Å²) >= 11 is 0. The zero-order valence-corrected chi connectivity index (χ0v) is 11.2. The van der Waals surface area contributed by atoms with Gasteiger partial charge in [-0.05, 0) is 36.7 Å². The molecule has 1 saturated heterocycles. The highest BCUT2D eigenvalue weighted by molar-refractivity contribution is 5.73. The molecule has 20 heavy (non-hydrogen) atoms. The normalized spacial score (nSPS) is 24.4. The van der Waals surface area contributed by atoms with Gasteiger partial charge < -0.3 is 10.2 Å². The summed E-state index contributed by atoms with van der Waals surface area (Å²) < 4.78 is 14.2. The molecule has 2 nitrogen and oxygen atoms in total. The molecule has 1 N–H and O–H groups in total. The Morgan fingerprint density at radius 3 is 2.60 bits per heavy atom. The van der Waals surface area contributed by atoms with Crippen molar-refractivity contribution in [2.45, 2.75) is 18.4 Å². The number of para-hydroxylation sites is 2. The molecule has 0 amide bonds. The fourth-order valence-electron chi connectivity index (χ4n) is 3.63. The maximum absolute atomic E-state index is 14.2. The Balaban J connectivity index is 1.88. The number of fused-ring (bicyclic) bond motifs is 3. The van der Waals surface area contributed by atoms with Crippen LogP contribution in [0.5, 0.6) is 0 Å². The fourth-order valence-corrected chi connectivity index (χ4v) is 3.63. The Bertz CT molecular complexity index is 640. The molecule has 3 heteroatoms. The third kappa shape index (κ3) is 1.66. The van der Waals surface area contributed by atoms with E-state index in [9.17, 15) is 4.39 Å². The van der Waals surface area contributed by atoms with Crippen LogP contribution in [0.2, 0.25) is 0 Å². The maximum Gasteiger partial charge on any atom is 0.146 e. The number of benzene rings is 2. The third-order valence-electron chi connectivity index (χ3n) is 4.48. The Kier molecular flexibility index (Phi) is 2.74. The van der Waals surface area contributed by atoms with Crippen molar-refractivity contribution in [1.29, 1.82) is 0 Å². The van der Waals surface area contributed by atoms with Gasteiger partial charge in [-0.1, -0.05) is 30.3 Å². The van der Waals surface area contributed by atoms with E-state index in [-0.39, 0.29) is 5.82 Å². The quantitative estimate of drug-likeness (QED) is 0.852. The number of rotatable bonds is 1. The molecule has 0 unspecified atom stereocenters. The van der Waals surface area contributed by atoms with Gasteiger partial charge in [0.15, 0.2) is 0 Å². The molecule has 2 aliphatic heterocycles. The van der Waals surface area contributed by atoms with E-state index >= 15 is 0 Å². The summed E-state index contributed by atoms with van der Waals surface area (Å²) in [5, 5.41) is 3.46. The Morgan fingerprint density at radius 1 is 1.00 bits per heavy atom. The van der Waals surface area contributed by atoms with Crippen LogP contribution in [0, 0.1) is 5.82 Å². The largest absolute Gasteiger partial charge is 0.335 e. The molecule has 0 bridgehead atoms. The molecule has 0 aliphatic carbocycles. The van der Waals surface area contributed by atoms with Gasteiger partial charge in [-0.2, -0.15) is 0 Å². The number of nitrogens with zero attached hydrogens (tertiary/aromatic N) is 1. The highest BCUT2D eigenvalue weighted by atomic mass is 19.1. The molecule has 2 aromatic rings. The highest BCUT2D eigenvalue weighted by Crippen LogP contribution is 2.47. The third-order valence-corrected chi connectivity index (χ3v) is 4.48. The molecule has 0 spiro atoms. The average Bonchev–Trinajstić information content (AvgIpc) is 2.83. The lowest BCUT2D eigenvalue weighted by Crippen LogP contribution is -2.42. The van der Waals surface area contributed by atoms with Gasteiger partial charge in [0.1, 0.15) is 5.82 Å². The molecule has 0 aromatic heterocycles. The highest BCUT2D eigenvalue weighted by Gasteiger charge is 2.40. The fraction of sp³-hybridized carbons (Fsp3) is 0.294. The lowest BCUT2D eigenvalue weighted by molar-refractivity contribution is 0.417. The number of halogens is 1. The van der Waals surface area contributed by atoms with Crippen molar-refractivity contribution in [2.24, 2.45) is 0 Å². The lowest BCUT2D eigenvalue weighted by atomic mass is 9.90. The molecule has 4 rings (SSSR count). The molecule has 0 radical (unpaired) electrons. The van der Waals surface area contributed by atoms with E-state index in [0.717, 1.165) is 25.2 Å². The van der Waals surface area contributed by atoms with Crippen molar-refractivity contribution in [3.63, 3.8) is 0 Å². The molecule has 2 aliphatic rings. The summed E-state index contributed by atoms with van der Waals surface area (Å²) in [6.07, 6.45) is 1.05. The summed E-state index contributed by atoms with van der Waals surface area (Å²) in [6.45, 7) is 1.98. The van der Waals surface area contributed by atoms with E-state index in [4.69, 9.17) is 0 Å². The number of hydrogen-bond acceptors (Lipinski definition) is 2. The number of anilines is 2. The van der Waals surface area contributed by atoms with Gasteiger partial charge in [0.2, 0.25) is 0 Å². The van der Waals surface area contributed by atoms with E-state index in [1.165, 1.54) is 5.56 Å². The minimum absolute atomic E-state index is 0.138.